The number of amides is 1. The van der Waals surface area contributed by atoms with Crippen LogP contribution in [0.15, 0.2) is 36.5 Å². The molecule has 6 heteroatoms. The number of allylic oxidation sites excluding steroid dienone is 6. The Bertz CT molecular complexity index is 1140. The molecule has 0 aromatic rings. The lowest BCUT2D eigenvalue weighted by Crippen LogP contribution is -2.53. The number of carbonyl (C=O) groups is 1. The van der Waals surface area contributed by atoms with Gasteiger partial charge in [-0.1, -0.05) is 314 Å². The van der Waals surface area contributed by atoms with Gasteiger partial charge in [0.1, 0.15) is 12.2 Å². The summed E-state index contributed by atoms with van der Waals surface area (Å²) in [5.41, 5.74) is 0. The second-order valence-electron chi connectivity index (χ2n) is 22.5. The van der Waals surface area contributed by atoms with Gasteiger partial charge in [0.05, 0.1) is 18.8 Å². The maximum absolute atomic E-state index is 12.6. The highest BCUT2D eigenvalue weighted by molar-refractivity contribution is 5.80. The molecular formula is C66H127NO5. The third-order valence-corrected chi connectivity index (χ3v) is 15.3. The molecule has 0 aliphatic heterocycles. The Hall–Kier alpha value is -1.47. The van der Waals surface area contributed by atoms with E-state index in [0.717, 1.165) is 44.9 Å². The molecule has 0 saturated heterocycles. The second kappa shape index (κ2) is 60.4. The van der Waals surface area contributed by atoms with E-state index in [1.165, 1.54) is 276 Å². The van der Waals surface area contributed by atoms with Crippen molar-refractivity contribution in [2.75, 3.05) is 6.61 Å². The molecule has 72 heavy (non-hydrogen) atoms. The molecule has 0 fully saturated rings. The van der Waals surface area contributed by atoms with Crippen LogP contribution in [0, 0.1) is 0 Å². The molecule has 0 aromatic heterocycles. The number of hydrogen-bond acceptors (Lipinski definition) is 5. The van der Waals surface area contributed by atoms with Gasteiger partial charge < -0.3 is 25.7 Å². The minimum atomic E-state index is -1.28. The van der Waals surface area contributed by atoms with Gasteiger partial charge in [-0.15, -0.1) is 0 Å². The van der Waals surface area contributed by atoms with Crippen molar-refractivity contribution in [3.05, 3.63) is 36.5 Å². The Morgan fingerprint density at radius 2 is 0.611 bits per heavy atom. The van der Waals surface area contributed by atoms with E-state index in [2.05, 4.69) is 55.6 Å². The van der Waals surface area contributed by atoms with Crippen LogP contribution in [-0.2, 0) is 4.79 Å². The molecule has 0 heterocycles. The number of carbonyl (C=O) groups excluding carboxylic acids is 1. The Morgan fingerprint density at radius 3 is 0.917 bits per heavy atom. The topological polar surface area (TPSA) is 110 Å². The Labute approximate surface area is 449 Å². The van der Waals surface area contributed by atoms with Crippen molar-refractivity contribution in [3.8, 4) is 0 Å². The highest BCUT2D eigenvalue weighted by Gasteiger charge is 2.28. The molecule has 5 N–H and O–H groups in total. The zero-order valence-electron chi connectivity index (χ0n) is 48.4. The number of rotatable bonds is 60. The minimum absolute atomic E-state index is 0.362. The first-order valence-electron chi connectivity index (χ1n) is 32.4. The van der Waals surface area contributed by atoms with Gasteiger partial charge in [-0.25, -0.2) is 0 Å². The number of unbranched alkanes of at least 4 members (excludes halogenated alkanes) is 45. The molecular weight excluding hydrogens is 887 g/mol. The van der Waals surface area contributed by atoms with E-state index in [9.17, 15) is 25.2 Å². The van der Waals surface area contributed by atoms with Crippen LogP contribution < -0.4 is 5.32 Å². The van der Waals surface area contributed by atoms with Crippen LogP contribution in [-0.4, -0.2) is 57.3 Å². The zero-order chi connectivity index (χ0) is 52.3. The van der Waals surface area contributed by atoms with E-state index in [1.54, 1.807) is 0 Å². The fourth-order valence-corrected chi connectivity index (χ4v) is 10.3. The van der Waals surface area contributed by atoms with Crippen molar-refractivity contribution in [3.63, 3.8) is 0 Å². The molecule has 6 nitrogen and oxygen atoms in total. The molecule has 0 rings (SSSR count). The van der Waals surface area contributed by atoms with Gasteiger partial charge in [0.15, 0.2) is 0 Å². The monoisotopic (exact) mass is 1010 g/mol. The van der Waals surface area contributed by atoms with Crippen molar-refractivity contribution in [2.45, 2.75) is 372 Å². The number of hydrogen-bond donors (Lipinski definition) is 5. The average molecular weight is 1010 g/mol. The second-order valence-corrected chi connectivity index (χ2v) is 22.5. The lowest BCUT2D eigenvalue weighted by atomic mass is 10.00. The van der Waals surface area contributed by atoms with Crippen LogP contribution in [0.3, 0.4) is 0 Å². The van der Waals surface area contributed by atoms with Crippen molar-refractivity contribution in [2.24, 2.45) is 0 Å². The van der Waals surface area contributed by atoms with E-state index in [1.807, 2.05) is 0 Å². The highest BCUT2D eigenvalue weighted by Crippen LogP contribution is 2.18. The molecule has 0 aliphatic rings. The third-order valence-electron chi connectivity index (χ3n) is 15.3. The van der Waals surface area contributed by atoms with Gasteiger partial charge >= 0.3 is 0 Å². The smallest absolute Gasteiger partial charge is 0.249 e. The lowest BCUT2D eigenvalue weighted by molar-refractivity contribution is -0.132. The largest absolute Gasteiger partial charge is 0.394 e. The predicted octanol–water partition coefficient (Wildman–Crippen LogP) is 19.5. The fourth-order valence-electron chi connectivity index (χ4n) is 10.3. The summed E-state index contributed by atoms with van der Waals surface area (Å²) in [6, 6.07) is -1.00. The molecule has 0 spiro atoms. The van der Waals surface area contributed by atoms with Crippen LogP contribution in [0.5, 0.6) is 0 Å². The maximum atomic E-state index is 12.6. The molecule has 4 unspecified atom stereocenters. The summed E-state index contributed by atoms with van der Waals surface area (Å²) in [4.78, 5) is 12.6. The average Bonchev–Trinajstić information content (AvgIpc) is 3.39. The van der Waals surface area contributed by atoms with Crippen molar-refractivity contribution < 1.29 is 25.2 Å². The van der Waals surface area contributed by atoms with Gasteiger partial charge in [-0.05, 0) is 70.6 Å². The number of aliphatic hydroxyl groups is 4. The molecule has 0 aromatic carbocycles. The summed E-state index contributed by atoms with van der Waals surface area (Å²) in [5.74, 6) is -0.590. The van der Waals surface area contributed by atoms with Gasteiger partial charge in [0.2, 0.25) is 5.91 Å². The highest BCUT2D eigenvalue weighted by atomic mass is 16.3. The summed E-state index contributed by atoms with van der Waals surface area (Å²) in [7, 11) is 0. The summed E-state index contributed by atoms with van der Waals surface area (Å²) >= 11 is 0. The lowest BCUT2D eigenvalue weighted by Gasteiger charge is -2.27. The van der Waals surface area contributed by atoms with Crippen LogP contribution in [0.25, 0.3) is 0 Å². The van der Waals surface area contributed by atoms with Crippen LogP contribution in [0.4, 0.5) is 0 Å². The standard InChI is InChI=1S/C66H127NO5/c1-3-5-7-9-11-13-15-17-19-21-23-25-27-29-31-33-35-37-39-41-43-45-47-49-51-53-55-57-59-63(69)65(71)62(61-68)67-66(72)64(70)60-58-56-54-52-50-48-46-44-42-40-38-36-34-32-30-28-26-24-22-20-18-16-14-12-10-8-6-4-2/h24,26,30,32,51,53,62-65,68-71H,3-23,25,27-29,31,33-50,52,54-61H2,1-2H3,(H,67,72)/b26-24-,32-30-,53-51+. The maximum Gasteiger partial charge on any atom is 0.249 e. The first-order chi connectivity index (χ1) is 35.5. The minimum Gasteiger partial charge on any atom is -0.394 e. The van der Waals surface area contributed by atoms with Crippen LogP contribution in [0.2, 0.25) is 0 Å². The summed E-state index contributed by atoms with van der Waals surface area (Å²) in [5, 5.41) is 44.1. The quantitative estimate of drug-likeness (QED) is 0.0308. The number of aliphatic hydroxyl groups excluding tert-OH is 4. The SMILES string of the molecule is CCCCCCCCCCC/C=C\C/C=C\CCCCCCCCCCCCCCC(O)C(=O)NC(CO)C(O)C(O)CCC/C=C/CCCCCCCCCCCCCCCCCCCCCCCCC. The van der Waals surface area contributed by atoms with Gasteiger partial charge in [-0.3, -0.25) is 4.79 Å². The van der Waals surface area contributed by atoms with Crippen molar-refractivity contribution in [1.82, 2.24) is 5.32 Å². The van der Waals surface area contributed by atoms with Gasteiger partial charge in [0, 0.05) is 0 Å². The van der Waals surface area contributed by atoms with Crippen molar-refractivity contribution in [1.29, 1.82) is 0 Å². The van der Waals surface area contributed by atoms with E-state index in [0.29, 0.717) is 12.8 Å². The summed E-state index contributed by atoms with van der Waals surface area (Å²) < 4.78 is 0. The molecule has 0 aliphatic carbocycles. The van der Waals surface area contributed by atoms with Gasteiger partial charge in [-0.2, -0.15) is 0 Å². The zero-order valence-corrected chi connectivity index (χ0v) is 48.4. The Morgan fingerprint density at radius 1 is 0.347 bits per heavy atom. The van der Waals surface area contributed by atoms with E-state index < -0.39 is 36.9 Å². The van der Waals surface area contributed by atoms with Crippen LogP contribution >= 0.6 is 0 Å². The molecule has 426 valence electrons. The molecule has 1 amide bonds. The third kappa shape index (κ3) is 53.4. The number of nitrogens with one attached hydrogen (secondary N) is 1. The van der Waals surface area contributed by atoms with Crippen molar-refractivity contribution >= 4 is 5.91 Å². The van der Waals surface area contributed by atoms with Gasteiger partial charge in [0.25, 0.3) is 0 Å². The Balaban J connectivity index is 3.61. The normalized spacial score (nSPS) is 13.8. The first kappa shape index (κ1) is 70.5. The fraction of sp³-hybridized carbons (Fsp3) is 0.894. The molecule has 0 saturated carbocycles. The first-order valence-corrected chi connectivity index (χ1v) is 32.4. The van der Waals surface area contributed by atoms with E-state index in [-0.39, 0.29) is 0 Å². The molecule has 0 bridgehead atoms. The summed E-state index contributed by atoms with van der Waals surface area (Å²) in [6.07, 6.45) is 76.7. The molecule has 4 atom stereocenters. The van der Waals surface area contributed by atoms with E-state index in [4.69, 9.17) is 0 Å². The predicted molar refractivity (Wildman–Crippen MR) is 316 cm³/mol. The van der Waals surface area contributed by atoms with E-state index >= 15 is 0 Å². The molecule has 0 radical (unpaired) electrons. The Kier molecular flexibility index (Phi) is 59.2. The summed E-state index contributed by atoms with van der Waals surface area (Å²) in [6.45, 7) is 4.09. The van der Waals surface area contributed by atoms with Crippen LogP contribution in [0.1, 0.15) is 348 Å².